The first-order valence-electron chi connectivity index (χ1n) is 11.7. The monoisotopic (exact) mass is 498 g/mol. The van der Waals surface area contributed by atoms with Crippen LogP contribution < -0.4 is 0 Å². The minimum absolute atomic E-state index is 0.0291. The zero-order chi connectivity index (χ0) is 24.2. The summed E-state index contributed by atoms with van der Waals surface area (Å²) in [4.78, 5) is 17.2. The molecule has 5 rings (SSSR count). The smallest absolute Gasteiger partial charge is 0.336 e. The highest BCUT2D eigenvalue weighted by atomic mass is 35.5. The van der Waals surface area contributed by atoms with Gasteiger partial charge in [0.05, 0.1) is 18.8 Å². The number of aromatic nitrogens is 2. The third-order valence-electron chi connectivity index (χ3n) is 7.75. The Hall–Kier alpha value is -2.13. The molecule has 0 spiro atoms. The molecule has 0 aliphatic carbocycles. The van der Waals surface area contributed by atoms with Crippen LogP contribution >= 0.6 is 11.6 Å². The van der Waals surface area contributed by atoms with E-state index in [1.807, 2.05) is 0 Å². The minimum atomic E-state index is -4.62. The zero-order valence-corrected chi connectivity index (χ0v) is 19.7. The number of rotatable bonds is 4. The van der Waals surface area contributed by atoms with Gasteiger partial charge in [0.2, 0.25) is 5.91 Å². The number of fused-ring (bicyclic) bond motifs is 3. The molecule has 2 fully saturated rings. The topological polar surface area (TPSA) is 41.4 Å². The van der Waals surface area contributed by atoms with Gasteiger partial charge in [-0.3, -0.25) is 9.48 Å². The summed E-state index contributed by atoms with van der Waals surface area (Å²) in [6.07, 6.45) is 0.195. The third kappa shape index (κ3) is 4.44. The van der Waals surface area contributed by atoms with Crippen molar-refractivity contribution in [2.75, 3.05) is 13.6 Å². The predicted molar refractivity (Wildman–Crippen MR) is 119 cm³/mol. The summed E-state index contributed by atoms with van der Waals surface area (Å²) in [5.41, 5.74) is -0.336. The van der Waals surface area contributed by atoms with Crippen molar-refractivity contribution in [1.29, 1.82) is 0 Å². The molecule has 0 N–H and O–H groups in total. The molecule has 4 heterocycles. The van der Waals surface area contributed by atoms with Crippen LogP contribution in [0, 0.1) is 11.7 Å². The van der Waals surface area contributed by atoms with E-state index in [0.717, 1.165) is 18.9 Å². The van der Waals surface area contributed by atoms with Gasteiger partial charge < -0.3 is 9.80 Å². The predicted octanol–water partition coefficient (Wildman–Crippen LogP) is 4.89. The lowest BCUT2D eigenvalue weighted by Gasteiger charge is -2.37. The van der Waals surface area contributed by atoms with E-state index in [2.05, 4.69) is 17.0 Å². The van der Waals surface area contributed by atoms with Crippen LogP contribution in [0.1, 0.15) is 54.6 Å². The van der Waals surface area contributed by atoms with E-state index >= 15 is 0 Å². The highest BCUT2D eigenvalue weighted by molar-refractivity contribution is 6.30. The van der Waals surface area contributed by atoms with E-state index < -0.39 is 17.7 Å². The number of carbonyl (C=O) groups excluding carboxylic acids is 1. The molecule has 2 unspecified atom stereocenters. The van der Waals surface area contributed by atoms with E-state index in [1.165, 1.54) is 29.7 Å². The van der Waals surface area contributed by atoms with E-state index in [0.29, 0.717) is 30.1 Å². The number of hydrogen-bond donors (Lipinski definition) is 0. The van der Waals surface area contributed by atoms with Crippen LogP contribution in [0.3, 0.4) is 0 Å². The molecule has 3 aliphatic heterocycles. The second-order valence-corrected chi connectivity index (χ2v) is 10.3. The molecule has 1 aromatic carbocycles. The number of benzene rings is 1. The van der Waals surface area contributed by atoms with Gasteiger partial charge >= 0.3 is 6.18 Å². The molecule has 34 heavy (non-hydrogen) atoms. The molecule has 2 saturated heterocycles. The van der Waals surface area contributed by atoms with Gasteiger partial charge in [0.15, 0.2) is 5.69 Å². The average Bonchev–Trinajstić information content (AvgIpc) is 3.21. The molecule has 3 aliphatic rings. The lowest BCUT2D eigenvalue weighted by Crippen LogP contribution is -2.42. The van der Waals surface area contributed by atoms with E-state index in [-0.39, 0.29) is 48.1 Å². The van der Waals surface area contributed by atoms with Gasteiger partial charge in [-0.05, 0) is 57.2 Å². The van der Waals surface area contributed by atoms with Gasteiger partial charge in [0.25, 0.3) is 0 Å². The molecule has 0 saturated carbocycles. The Morgan fingerprint density at radius 1 is 1.21 bits per heavy atom. The van der Waals surface area contributed by atoms with Gasteiger partial charge in [-0.2, -0.15) is 18.3 Å². The summed E-state index contributed by atoms with van der Waals surface area (Å²) in [5, 5.41) is 4.02. The van der Waals surface area contributed by atoms with Crippen LogP contribution in [-0.4, -0.2) is 51.2 Å². The highest BCUT2D eigenvalue weighted by Crippen LogP contribution is 2.40. The minimum Gasteiger partial charge on any atom is -0.336 e. The standard InChI is InChI=1S/C24H27ClF4N4O/c1-31-17-4-5-18(31)9-14(8-17)10-22(34)32-7-6-19-21(13-32)33(30-23(19)24(27,28)29)12-15-2-3-16(25)11-20(15)26/h2-3,11,14,17-18H,4-10,12-13H2,1H3. The van der Waals surface area contributed by atoms with Crippen LogP contribution in [-0.2, 0) is 30.5 Å². The third-order valence-corrected chi connectivity index (χ3v) is 7.99. The Balaban J connectivity index is 1.36. The highest BCUT2D eigenvalue weighted by Gasteiger charge is 2.42. The number of amides is 1. The number of carbonyl (C=O) groups is 1. The average molecular weight is 499 g/mol. The number of hydrogen-bond acceptors (Lipinski definition) is 3. The van der Waals surface area contributed by atoms with Crippen LogP contribution in [0.4, 0.5) is 17.6 Å². The fourth-order valence-corrected chi connectivity index (χ4v) is 6.09. The molecule has 1 amide bonds. The molecular weight excluding hydrogens is 472 g/mol. The molecule has 1 aromatic heterocycles. The molecule has 5 nitrogen and oxygen atoms in total. The van der Waals surface area contributed by atoms with E-state index in [4.69, 9.17) is 11.6 Å². The SMILES string of the molecule is CN1C2CCC1CC(CC(=O)N1CCc3c(C(F)(F)F)nn(Cc4ccc(Cl)cc4F)c3C1)C2. The Bertz CT molecular complexity index is 1090. The zero-order valence-electron chi connectivity index (χ0n) is 18.9. The largest absolute Gasteiger partial charge is 0.435 e. The van der Waals surface area contributed by atoms with Crippen molar-refractivity contribution in [3.05, 3.63) is 51.6 Å². The summed E-state index contributed by atoms with van der Waals surface area (Å²) < 4.78 is 56.6. The lowest BCUT2D eigenvalue weighted by molar-refractivity contribution is -0.142. The van der Waals surface area contributed by atoms with Crippen LogP contribution in [0.2, 0.25) is 5.02 Å². The van der Waals surface area contributed by atoms with Crippen LogP contribution in [0.5, 0.6) is 0 Å². The molecule has 2 bridgehead atoms. The maximum absolute atomic E-state index is 14.4. The molecule has 2 aromatic rings. The lowest BCUT2D eigenvalue weighted by atomic mass is 9.88. The van der Waals surface area contributed by atoms with Crippen molar-refractivity contribution in [3.63, 3.8) is 0 Å². The van der Waals surface area contributed by atoms with Crippen molar-refractivity contribution in [1.82, 2.24) is 19.6 Å². The summed E-state index contributed by atoms with van der Waals surface area (Å²) in [6.45, 7) is 0.114. The van der Waals surface area contributed by atoms with Crippen LogP contribution in [0.25, 0.3) is 0 Å². The van der Waals surface area contributed by atoms with E-state index in [9.17, 15) is 22.4 Å². The van der Waals surface area contributed by atoms with Crippen molar-refractivity contribution < 1.29 is 22.4 Å². The Kier molecular flexibility index (Phi) is 6.13. The van der Waals surface area contributed by atoms with Crippen LogP contribution in [0.15, 0.2) is 18.2 Å². The van der Waals surface area contributed by atoms with Gasteiger partial charge in [0, 0.05) is 41.2 Å². The number of halogens is 5. The number of alkyl halides is 3. The summed E-state index contributed by atoms with van der Waals surface area (Å²) in [5.74, 6) is -0.328. The van der Waals surface area contributed by atoms with Crippen molar-refractivity contribution >= 4 is 17.5 Å². The van der Waals surface area contributed by atoms with Crippen molar-refractivity contribution in [2.45, 2.75) is 69.9 Å². The first-order valence-corrected chi connectivity index (χ1v) is 12.1. The van der Waals surface area contributed by atoms with Crippen molar-refractivity contribution in [3.8, 4) is 0 Å². The van der Waals surface area contributed by atoms with Gasteiger partial charge in [-0.1, -0.05) is 17.7 Å². The van der Waals surface area contributed by atoms with Gasteiger partial charge in [0.1, 0.15) is 5.82 Å². The Morgan fingerprint density at radius 3 is 2.56 bits per heavy atom. The maximum Gasteiger partial charge on any atom is 0.435 e. The van der Waals surface area contributed by atoms with Gasteiger partial charge in [-0.25, -0.2) is 4.39 Å². The normalized spacial score (nSPS) is 25.0. The summed E-state index contributed by atoms with van der Waals surface area (Å²) in [6, 6.07) is 5.11. The second kappa shape index (κ2) is 8.82. The summed E-state index contributed by atoms with van der Waals surface area (Å²) >= 11 is 5.81. The molecule has 10 heteroatoms. The molecule has 2 atom stereocenters. The first-order chi connectivity index (χ1) is 16.1. The molecule has 0 radical (unpaired) electrons. The first kappa shape index (κ1) is 23.6. The fourth-order valence-electron chi connectivity index (χ4n) is 5.93. The Labute approximate surface area is 200 Å². The quantitative estimate of drug-likeness (QED) is 0.564. The van der Waals surface area contributed by atoms with E-state index in [1.54, 1.807) is 4.90 Å². The van der Waals surface area contributed by atoms with Gasteiger partial charge in [-0.15, -0.1) is 0 Å². The fraction of sp³-hybridized carbons (Fsp3) is 0.583. The molecular formula is C24H27ClF4N4O. The summed E-state index contributed by atoms with van der Waals surface area (Å²) in [7, 11) is 2.15. The number of nitrogens with zero attached hydrogens (tertiary/aromatic N) is 4. The molecule has 184 valence electrons. The number of piperidine rings is 1. The Morgan fingerprint density at radius 2 is 1.91 bits per heavy atom. The maximum atomic E-state index is 14.4. The second-order valence-electron chi connectivity index (χ2n) is 9.82. The van der Waals surface area contributed by atoms with Crippen molar-refractivity contribution in [2.24, 2.45) is 5.92 Å².